The van der Waals surface area contributed by atoms with E-state index < -0.39 is 15.8 Å². The topological polar surface area (TPSA) is 78.4 Å². The van der Waals surface area contributed by atoms with Crippen molar-refractivity contribution in [2.24, 2.45) is 0 Å². The summed E-state index contributed by atoms with van der Waals surface area (Å²) in [6, 6.07) is 6.82. The van der Waals surface area contributed by atoms with Crippen molar-refractivity contribution in [3.63, 3.8) is 0 Å². The first-order valence-corrected chi connectivity index (χ1v) is 9.94. The lowest BCUT2D eigenvalue weighted by Crippen LogP contribution is -2.49. The minimum absolute atomic E-state index is 0.111. The van der Waals surface area contributed by atoms with Crippen LogP contribution in [0.15, 0.2) is 35.2 Å². The van der Waals surface area contributed by atoms with E-state index in [4.69, 9.17) is 0 Å². The third-order valence-electron chi connectivity index (χ3n) is 4.19. The van der Waals surface area contributed by atoms with E-state index in [1.807, 2.05) is 24.8 Å². The summed E-state index contributed by atoms with van der Waals surface area (Å²) >= 11 is 0. The van der Waals surface area contributed by atoms with Crippen LogP contribution in [0.1, 0.15) is 12.6 Å². The zero-order chi connectivity index (χ0) is 18.7. The van der Waals surface area contributed by atoms with Crippen LogP contribution < -0.4 is 10.2 Å². The molecule has 1 fully saturated rings. The summed E-state index contributed by atoms with van der Waals surface area (Å²) in [5.41, 5.74) is 0.854. The fraction of sp³-hybridized carbons (Fsp3) is 0.412. The van der Waals surface area contributed by atoms with Gasteiger partial charge in [-0.05, 0) is 38.1 Å². The Labute approximate surface area is 152 Å². The van der Waals surface area contributed by atoms with E-state index in [0.717, 1.165) is 30.2 Å². The Bertz CT molecular complexity index is 865. The number of nitrogens with zero attached hydrogens (tertiary/aromatic N) is 4. The average Bonchev–Trinajstić information content (AvgIpc) is 2.62. The largest absolute Gasteiger partial charge is 0.354 e. The molecule has 0 amide bonds. The molecule has 7 nitrogen and oxygen atoms in total. The monoisotopic (exact) mass is 379 g/mol. The lowest BCUT2D eigenvalue weighted by Gasteiger charge is -2.34. The second-order valence-corrected chi connectivity index (χ2v) is 8.00. The number of hydrogen-bond acceptors (Lipinski definition) is 6. The maximum atomic E-state index is 13.0. The number of piperazine rings is 1. The Balaban J connectivity index is 1.72. The van der Waals surface area contributed by atoms with Crippen LogP contribution in [0.25, 0.3) is 0 Å². The molecule has 0 aliphatic carbocycles. The molecule has 9 heteroatoms. The highest BCUT2D eigenvalue weighted by Crippen LogP contribution is 2.21. The molecule has 1 aromatic heterocycles. The first-order valence-electron chi connectivity index (χ1n) is 8.50. The van der Waals surface area contributed by atoms with Gasteiger partial charge in [-0.2, -0.15) is 9.29 Å². The van der Waals surface area contributed by atoms with Gasteiger partial charge in [-0.15, -0.1) is 0 Å². The quantitative estimate of drug-likeness (QED) is 0.854. The third-order valence-corrected chi connectivity index (χ3v) is 6.10. The second-order valence-electron chi connectivity index (χ2n) is 6.07. The van der Waals surface area contributed by atoms with Gasteiger partial charge in [0.25, 0.3) is 0 Å². The smallest absolute Gasteiger partial charge is 0.243 e. The number of benzene rings is 1. The average molecular weight is 379 g/mol. The summed E-state index contributed by atoms with van der Waals surface area (Å²) in [6.07, 6.45) is 0. The van der Waals surface area contributed by atoms with Crippen molar-refractivity contribution in [3.05, 3.63) is 41.8 Å². The highest BCUT2D eigenvalue weighted by Gasteiger charge is 2.29. The van der Waals surface area contributed by atoms with Crippen molar-refractivity contribution >= 4 is 21.8 Å². The zero-order valence-corrected chi connectivity index (χ0v) is 15.6. The number of anilines is 2. The van der Waals surface area contributed by atoms with E-state index in [9.17, 15) is 12.8 Å². The van der Waals surface area contributed by atoms with Gasteiger partial charge in [-0.3, -0.25) is 0 Å². The molecule has 0 unspecified atom stereocenters. The lowest BCUT2D eigenvalue weighted by molar-refractivity contribution is 0.383. The van der Waals surface area contributed by atoms with Gasteiger partial charge in [-0.1, -0.05) is 0 Å². The van der Waals surface area contributed by atoms with Crippen LogP contribution in [0, 0.1) is 12.7 Å². The van der Waals surface area contributed by atoms with Gasteiger partial charge in [0.15, 0.2) is 0 Å². The predicted octanol–water partition coefficient (Wildman–Crippen LogP) is 1.87. The normalized spacial score (nSPS) is 15.9. The van der Waals surface area contributed by atoms with Crippen LogP contribution in [0.4, 0.5) is 16.2 Å². The van der Waals surface area contributed by atoms with E-state index in [2.05, 4.69) is 15.3 Å². The summed E-state index contributed by atoms with van der Waals surface area (Å²) in [4.78, 5) is 11.0. The Morgan fingerprint density at radius 2 is 1.77 bits per heavy atom. The molecule has 1 saturated heterocycles. The fourth-order valence-electron chi connectivity index (χ4n) is 2.86. The number of rotatable bonds is 5. The molecule has 1 aliphatic rings. The predicted molar refractivity (Wildman–Crippen MR) is 98.3 cm³/mol. The molecule has 0 atom stereocenters. The maximum Gasteiger partial charge on any atom is 0.243 e. The number of halogens is 1. The molecular weight excluding hydrogens is 357 g/mol. The van der Waals surface area contributed by atoms with Crippen LogP contribution in [0.3, 0.4) is 0 Å². The molecule has 0 spiro atoms. The molecule has 1 aromatic carbocycles. The lowest BCUT2D eigenvalue weighted by atomic mass is 10.3. The summed E-state index contributed by atoms with van der Waals surface area (Å²) in [6.45, 7) is 6.36. The SMILES string of the molecule is CCNc1nc(C)cc(N2CCN(S(=O)(=O)c3ccc(F)cc3)CC2)n1. The summed E-state index contributed by atoms with van der Waals surface area (Å²) in [7, 11) is -3.61. The molecule has 3 rings (SSSR count). The minimum Gasteiger partial charge on any atom is -0.354 e. The van der Waals surface area contributed by atoms with E-state index in [1.54, 1.807) is 0 Å². The highest BCUT2D eigenvalue weighted by molar-refractivity contribution is 7.89. The van der Waals surface area contributed by atoms with Crippen LogP contribution in [0.5, 0.6) is 0 Å². The first kappa shape index (κ1) is 18.5. The van der Waals surface area contributed by atoms with Crippen LogP contribution in [-0.2, 0) is 10.0 Å². The standard InChI is InChI=1S/C17H22FN5O2S/c1-3-19-17-20-13(2)12-16(21-17)22-8-10-23(11-9-22)26(24,25)15-6-4-14(18)5-7-15/h4-7,12H,3,8-11H2,1-2H3,(H,19,20,21). The van der Waals surface area contributed by atoms with Gasteiger partial charge in [-0.25, -0.2) is 17.8 Å². The number of hydrogen-bond donors (Lipinski definition) is 1. The van der Waals surface area contributed by atoms with Crippen molar-refractivity contribution in [1.29, 1.82) is 0 Å². The molecule has 26 heavy (non-hydrogen) atoms. The van der Waals surface area contributed by atoms with Crippen molar-refractivity contribution in [2.45, 2.75) is 18.7 Å². The van der Waals surface area contributed by atoms with Crippen LogP contribution in [-0.4, -0.2) is 55.4 Å². The Morgan fingerprint density at radius 1 is 1.12 bits per heavy atom. The Morgan fingerprint density at radius 3 is 2.38 bits per heavy atom. The van der Waals surface area contributed by atoms with Gasteiger partial charge in [0, 0.05) is 44.5 Å². The fourth-order valence-corrected chi connectivity index (χ4v) is 4.29. The third kappa shape index (κ3) is 3.94. The number of sulfonamides is 1. The summed E-state index contributed by atoms with van der Waals surface area (Å²) in [5, 5.41) is 3.10. The van der Waals surface area contributed by atoms with Crippen molar-refractivity contribution in [1.82, 2.24) is 14.3 Å². The number of nitrogens with one attached hydrogen (secondary N) is 1. The van der Waals surface area contributed by atoms with E-state index >= 15 is 0 Å². The van der Waals surface area contributed by atoms with E-state index in [-0.39, 0.29) is 4.90 Å². The van der Waals surface area contributed by atoms with Crippen LogP contribution in [0.2, 0.25) is 0 Å². The number of aryl methyl sites for hydroxylation is 1. The minimum atomic E-state index is -3.61. The second kappa shape index (κ2) is 7.55. The maximum absolute atomic E-state index is 13.0. The molecule has 0 saturated carbocycles. The van der Waals surface area contributed by atoms with E-state index in [1.165, 1.54) is 16.4 Å². The Kier molecular flexibility index (Phi) is 5.38. The summed E-state index contributed by atoms with van der Waals surface area (Å²) in [5.74, 6) is 0.903. The van der Waals surface area contributed by atoms with Gasteiger partial charge in [0.05, 0.1) is 4.90 Å². The first-order chi connectivity index (χ1) is 12.4. The van der Waals surface area contributed by atoms with Crippen molar-refractivity contribution in [3.8, 4) is 0 Å². The van der Waals surface area contributed by atoms with Gasteiger partial charge in [0.2, 0.25) is 16.0 Å². The highest BCUT2D eigenvalue weighted by atomic mass is 32.2. The van der Waals surface area contributed by atoms with Crippen LogP contribution >= 0.6 is 0 Å². The van der Waals surface area contributed by atoms with Gasteiger partial charge >= 0.3 is 0 Å². The molecule has 1 aliphatic heterocycles. The van der Waals surface area contributed by atoms with Gasteiger partial charge in [0.1, 0.15) is 11.6 Å². The molecule has 2 heterocycles. The molecule has 2 aromatic rings. The molecular formula is C17H22FN5O2S. The van der Waals surface area contributed by atoms with E-state index in [0.29, 0.717) is 32.1 Å². The summed E-state index contributed by atoms with van der Waals surface area (Å²) < 4.78 is 39.8. The van der Waals surface area contributed by atoms with Gasteiger partial charge < -0.3 is 10.2 Å². The molecule has 140 valence electrons. The van der Waals surface area contributed by atoms with Crippen molar-refractivity contribution < 1.29 is 12.8 Å². The number of aromatic nitrogens is 2. The van der Waals surface area contributed by atoms with Crippen molar-refractivity contribution in [2.75, 3.05) is 42.9 Å². The molecule has 0 radical (unpaired) electrons. The Hall–Kier alpha value is -2.26. The zero-order valence-electron chi connectivity index (χ0n) is 14.8. The molecule has 0 bridgehead atoms. The molecule has 1 N–H and O–H groups in total.